The third-order valence-electron chi connectivity index (χ3n) is 3.60. The lowest BCUT2D eigenvalue weighted by atomic mass is 10.2. The van der Waals surface area contributed by atoms with Crippen molar-refractivity contribution in [2.24, 2.45) is 0 Å². The summed E-state index contributed by atoms with van der Waals surface area (Å²) in [7, 11) is 0. The molecule has 0 unspecified atom stereocenters. The predicted molar refractivity (Wildman–Crippen MR) is 93.3 cm³/mol. The maximum absolute atomic E-state index is 12.9. The van der Waals surface area contributed by atoms with E-state index in [-0.39, 0.29) is 17.2 Å². The van der Waals surface area contributed by atoms with E-state index >= 15 is 0 Å². The van der Waals surface area contributed by atoms with Gasteiger partial charge >= 0.3 is 6.18 Å². The second kappa shape index (κ2) is 7.45. The number of carbonyl (C=O) groups excluding carboxylic acids is 1. The maximum atomic E-state index is 12.9. The summed E-state index contributed by atoms with van der Waals surface area (Å²) in [6, 6.07) is 12.9. The first-order chi connectivity index (χ1) is 12.8. The van der Waals surface area contributed by atoms with Gasteiger partial charge in [0.25, 0.3) is 5.91 Å². The summed E-state index contributed by atoms with van der Waals surface area (Å²) in [6.07, 6.45) is -3.01. The van der Waals surface area contributed by atoms with Gasteiger partial charge in [-0.2, -0.15) is 13.2 Å². The molecular weight excluding hydrogens is 362 g/mol. The number of pyridine rings is 1. The van der Waals surface area contributed by atoms with Gasteiger partial charge in [0.2, 0.25) is 0 Å². The van der Waals surface area contributed by atoms with Gasteiger partial charge < -0.3 is 10.6 Å². The van der Waals surface area contributed by atoms with Crippen LogP contribution < -0.4 is 10.6 Å². The fourth-order valence-electron chi connectivity index (χ4n) is 2.24. The van der Waals surface area contributed by atoms with Gasteiger partial charge in [-0.15, -0.1) is 0 Å². The molecule has 27 heavy (non-hydrogen) atoms. The number of alkyl halides is 3. The van der Waals surface area contributed by atoms with Gasteiger partial charge in [0.15, 0.2) is 0 Å². The maximum Gasteiger partial charge on any atom is 0.416 e. The number of nitrogens with zero attached hydrogens (tertiary/aromatic N) is 1. The lowest BCUT2D eigenvalue weighted by Gasteiger charge is -2.09. The minimum absolute atomic E-state index is 0.0968. The van der Waals surface area contributed by atoms with Crippen molar-refractivity contribution in [2.75, 3.05) is 10.6 Å². The quantitative estimate of drug-likeness (QED) is 0.614. The number of hydrogen-bond donors (Lipinski definition) is 2. The summed E-state index contributed by atoms with van der Waals surface area (Å²) in [4.78, 5) is 16.2. The lowest BCUT2D eigenvalue weighted by molar-refractivity contribution is -0.137. The van der Waals surface area contributed by atoms with Crippen LogP contribution in [-0.2, 0) is 6.18 Å². The van der Waals surface area contributed by atoms with Crippen molar-refractivity contribution in [1.29, 1.82) is 0 Å². The highest BCUT2D eigenvalue weighted by Crippen LogP contribution is 2.29. The summed E-state index contributed by atoms with van der Waals surface area (Å²) in [5.41, 5.74) is 0.769. The molecule has 0 saturated carbocycles. The summed E-state index contributed by atoms with van der Waals surface area (Å²) < 4.78 is 50.5. The molecule has 0 aliphatic heterocycles. The van der Waals surface area contributed by atoms with E-state index in [2.05, 4.69) is 15.6 Å². The molecule has 0 radical (unpaired) electrons. The Morgan fingerprint density at radius 2 is 1.41 bits per heavy atom. The second-order valence-electron chi connectivity index (χ2n) is 5.59. The summed E-state index contributed by atoms with van der Waals surface area (Å²) >= 11 is 0. The van der Waals surface area contributed by atoms with E-state index in [9.17, 15) is 22.4 Å². The van der Waals surface area contributed by atoms with E-state index in [4.69, 9.17) is 0 Å². The number of benzene rings is 2. The van der Waals surface area contributed by atoms with Crippen LogP contribution in [0.1, 0.15) is 16.1 Å². The van der Waals surface area contributed by atoms with E-state index in [1.807, 2.05) is 0 Å². The highest BCUT2D eigenvalue weighted by atomic mass is 19.4. The Bertz CT molecular complexity index is 921. The average Bonchev–Trinajstić information content (AvgIpc) is 2.64. The smallest absolute Gasteiger partial charge is 0.354 e. The molecule has 0 fully saturated rings. The number of amides is 1. The van der Waals surface area contributed by atoms with Gasteiger partial charge in [0, 0.05) is 11.4 Å². The molecular formula is C19H13F4N3O. The summed E-state index contributed by atoms with van der Waals surface area (Å²) in [6.45, 7) is 0. The number of nitrogens with one attached hydrogen (secondary N) is 2. The minimum atomic E-state index is -4.43. The second-order valence-corrected chi connectivity index (χ2v) is 5.59. The van der Waals surface area contributed by atoms with E-state index < -0.39 is 17.6 Å². The number of aromatic nitrogens is 1. The Kier molecular flexibility index (Phi) is 5.07. The van der Waals surface area contributed by atoms with Gasteiger partial charge in [0.1, 0.15) is 11.5 Å². The molecule has 0 spiro atoms. The van der Waals surface area contributed by atoms with Crippen LogP contribution in [0.3, 0.4) is 0 Å². The zero-order valence-corrected chi connectivity index (χ0v) is 13.7. The number of anilines is 3. The molecule has 1 aromatic heterocycles. The van der Waals surface area contributed by atoms with Crippen LogP contribution in [0.2, 0.25) is 0 Å². The topological polar surface area (TPSA) is 54.0 Å². The molecule has 0 aliphatic rings. The molecule has 2 N–H and O–H groups in total. The Hall–Kier alpha value is -3.42. The van der Waals surface area contributed by atoms with Crippen LogP contribution in [-0.4, -0.2) is 10.9 Å². The summed E-state index contributed by atoms with van der Waals surface area (Å²) in [5.74, 6) is -0.906. The van der Waals surface area contributed by atoms with E-state index in [0.717, 1.165) is 12.1 Å². The SMILES string of the molecule is O=C(Nc1ccc(C(F)(F)F)cc1)c1ccc(Nc2ccc(F)cc2)cn1. The molecule has 8 heteroatoms. The van der Waals surface area contributed by atoms with E-state index in [1.54, 1.807) is 18.2 Å². The molecule has 138 valence electrons. The Balaban J connectivity index is 1.64. The zero-order chi connectivity index (χ0) is 19.4. The highest BCUT2D eigenvalue weighted by Gasteiger charge is 2.30. The van der Waals surface area contributed by atoms with E-state index in [0.29, 0.717) is 11.4 Å². The highest BCUT2D eigenvalue weighted by molar-refractivity contribution is 6.02. The fourth-order valence-corrected chi connectivity index (χ4v) is 2.24. The standard InChI is InChI=1S/C19H13F4N3O/c20-13-3-7-14(8-4-13)25-16-9-10-17(24-11-16)18(27)26-15-5-1-12(2-6-15)19(21,22)23/h1-11,25H,(H,26,27). The minimum Gasteiger partial charge on any atom is -0.354 e. The normalized spacial score (nSPS) is 11.1. The van der Waals surface area contributed by atoms with Crippen LogP contribution in [0.5, 0.6) is 0 Å². The molecule has 1 amide bonds. The van der Waals surface area contributed by atoms with Gasteiger partial charge in [-0.3, -0.25) is 4.79 Å². The largest absolute Gasteiger partial charge is 0.416 e. The Morgan fingerprint density at radius 3 is 1.96 bits per heavy atom. The van der Waals surface area contributed by atoms with Crippen LogP contribution in [0.15, 0.2) is 66.9 Å². The molecule has 1 heterocycles. The molecule has 3 aromatic rings. The monoisotopic (exact) mass is 375 g/mol. The van der Waals surface area contributed by atoms with Crippen molar-refractivity contribution in [2.45, 2.75) is 6.18 Å². The van der Waals surface area contributed by atoms with Gasteiger partial charge in [0.05, 0.1) is 17.4 Å². The first-order valence-corrected chi connectivity index (χ1v) is 7.78. The fraction of sp³-hybridized carbons (Fsp3) is 0.0526. The predicted octanol–water partition coefficient (Wildman–Crippen LogP) is 5.24. The van der Waals surface area contributed by atoms with Gasteiger partial charge in [-0.1, -0.05) is 0 Å². The Labute approximate surface area is 151 Å². The van der Waals surface area contributed by atoms with Crippen LogP contribution in [0.25, 0.3) is 0 Å². The van der Waals surface area contributed by atoms with Crippen LogP contribution in [0.4, 0.5) is 34.6 Å². The molecule has 0 saturated heterocycles. The van der Waals surface area contributed by atoms with Gasteiger partial charge in [-0.05, 0) is 60.7 Å². The molecule has 0 atom stereocenters. The van der Waals surface area contributed by atoms with Crippen molar-refractivity contribution < 1.29 is 22.4 Å². The van der Waals surface area contributed by atoms with Crippen molar-refractivity contribution >= 4 is 23.0 Å². The number of carbonyl (C=O) groups is 1. The van der Waals surface area contributed by atoms with Gasteiger partial charge in [-0.25, -0.2) is 9.37 Å². The average molecular weight is 375 g/mol. The zero-order valence-electron chi connectivity index (χ0n) is 13.7. The summed E-state index contributed by atoms with van der Waals surface area (Å²) in [5, 5.41) is 5.48. The molecule has 0 aliphatic carbocycles. The van der Waals surface area contributed by atoms with Crippen molar-refractivity contribution in [3.8, 4) is 0 Å². The first kappa shape index (κ1) is 18.4. The van der Waals surface area contributed by atoms with E-state index in [1.165, 1.54) is 36.5 Å². The first-order valence-electron chi connectivity index (χ1n) is 7.78. The third-order valence-corrected chi connectivity index (χ3v) is 3.60. The van der Waals surface area contributed by atoms with Crippen LogP contribution in [0, 0.1) is 5.82 Å². The van der Waals surface area contributed by atoms with Crippen molar-refractivity contribution in [1.82, 2.24) is 4.98 Å². The number of halogens is 4. The van der Waals surface area contributed by atoms with Crippen LogP contribution >= 0.6 is 0 Å². The number of hydrogen-bond acceptors (Lipinski definition) is 3. The van der Waals surface area contributed by atoms with Crippen molar-refractivity contribution in [3.05, 3.63) is 83.9 Å². The molecule has 0 bridgehead atoms. The lowest BCUT2D eigenvalue weighted by Crippen LogP contribution is -2.14. The number of rotatable bonds is 4. The third kappa shape index (κ3) is 4.81. The molecule has 4 nitrogen and oxygen atoms in total. The Morgan fingerprint density at radius 1 is 0.815 bits per heavy atom. The molecule has 2 aromatic carbocycles. The molecule has 3 rings (SSSR count). The van der Waals surface area contributed by atoms with Crippen molar-refractivity contribution in [3.63, 3.8) is 0 Å².